The average Bonchev–Trinajstić information content (AvgIpc) is 2.59. The fourth-order valence-electron chi connectivity index (χ4n) is 2.62. The van der Waals surface area contributed by atoms with Gasteiger partial charge in [-0.15, -0.1) is 12.4 Å². The number of nitrogens with two attached hydrogens (primary N) is 1. The van der Waals surface area contributed by atoms with Gasteiger partial charge in [0, 0.05) is 18.8 Å². The minimum Gasteiger partial charge on any atom is -0.399 e. The van der Waals surface area contributed by atoms with E-state index in [4.69, 9.17) is 5.73 Å². The van der Waals surface area contributed by atoms with Crippen molar-refractivity contribution < 1.29 is 4.79 Å². The summed E-state index contributed by atoms with van der Waals surface area (Å²) < 4.78 is 0. The van der Waals surface area contributed by atoms with Gasteiger partial charge in [-0.3, -0.25) is 9.69 Å². The van der Waals surface area contributed by atoms with Gasteiger partial charge < -0.3 is 11.1 Å². The van der Waals surface area contributed by atoms with Crippen LogP contribution in [0.3, 0.4) is 0 Å². The summed E-state index contributed by atoms with van der Waals surface area (Å²) in [6, 6.07) is 15.9. The summed E-state index contributed by atoms with van der Waals surface area (Å²) >= 11 is 0. The van der Waals surface area contributed by atoms with Crippen LogP contribution in [0.1, 0.15) is 30.5 Å². The molecule has 2 aromatic rings. The molecule has 25 heavy (non-hydrogen) atoms. The van der Waals surface area contributed by atoms with Gasteiger partial charge in [-0.1, -0.05) is 50.2 Å². The number of carbonyl (C=O) groups is 1. The maximum atomic E-state index is 12.0. The van der Waals surface area contributed by atoms with Gasteiger partial charge in [-0.05, 0) is 41.9 Å². The molecule has 0 fully saturated rings. The van der Waals surface area contributed by atoms with E-state index in [9.17, 15) is 4.79 Å². The Kier molecular flexibility index (Phi) is 9.03. The summed E-state index contributed by atoms with van der Waals surface area (Å²) in [5, 5.41) is 2.96. The van der Waals surface area contributed by atoms with Crippen LogP contribution >= 0.6 is 12.4 Å². The SMILES string of the molecule is CCN(CC)Cc1ccc(CNC(=O)Cc2cccc(N)c2)cc1.Cl. The number of halogens is 1. The molecule has 0 aliphatic carbocycles. The second-order valence-corrected chi connectivity index (χ2v) is 5.98. The molecule has 0 bridgehead atoms. The zero-order valence-electron chi connectivity index (χ0n) is 15.0. The van der Waals surface area contributed by atoms with E-state index in [0.717, 1.165) is 30.8 Å². The van der Waals surface area contributed by atoms with E-state index >= 15 is 0 Å². The van der Waals surface area contributed by atoms with Gasteiger partial charge >= 0.3 is 0 Å². The molecule has 2 aromatic carbocycles. The van der Waals surface area contributed by atoms with E-state index in [1.165, 1.54) is 5.56 Å². The Labute approximate surface area is 156 Å². The molecule has 3 N–H and O–H groups in total. The molecule has 1 amide bonds. The number of anilines is 1. The summed E-state index contributed by atoms with van der Waals surface area (Å²) in [7, 11) is 0. The number of nitrogens with zero attached hydrogens (tertiary/aromatic N) is 1. The van der Waals surface area contributed by atoms with Crippen molar-refractivity contribution in [3.63, 3.8) is 0 Å². The molecule has 4 nitrogen and oxygen atoms in total. The molecule has 136 valence electrons. The molecule has 2 rings (SSSR count). The van der Waals surface area contributed by atoms with Crippen molar-refractivity contribution >= 4 is 24.0 Å². The largest absolute Gasteiger partial charge is 0.399 e. The van der Waals surface area contributed by atoms with Crippen LogP contribution in [0.25, 0.3) is 0 Å². The van der Waals surface area contributed by atoms with E-state index in [0.29, 0.717) is 18.7 Å². The van der Waals surface area contributed by atoms with Crippen molar-refractivity contribution in [2.24, 2.45) is 0 Å². The maximum absolute atomic E-state index is 12.0. The summed E-state index contributed by atoms with van der Waals surface area (Å²) in [6.07, 6.45) is 0.352. The molecular formula is C20H28ClN3O. The average molecular weight is 362 g/mol. The quantitative estimate of drug-likeness (QED) is 0.708. The standard InChI is InChI=1S/C20H27N3O.ClH/c1-3-23(4-2)15-17-10-8-16(9-11-17)14-22-20(24)13-18-6-5-7-19(21)12-18;/h5-12H,3-4,13-15,21H2,1-2H3,(H,22,24);1H. The highest BCUT2D eigenvalue weighted by Gasteiger charge is 2.05. The maximum Gasteiger partial charge on any atom is 0.224 e. The first kappa shape index (κ1) is 21.0. The van der Waals surface area contributed by atoms with Gasteiger partial charge in [0.15, 0.2) is 0 Å². The highest BCUT2D eigenvalue weighted by Crippen LogP contribution is 2.09. The van der Waals surface area contributed by atoms with Crippen LogP contribution < -0.4 is 11.1 Å². The van der Waals surface area contributed by atoms with Gasteiger partial charge in [0.05, 0.1) is 6.42 Å². The summed E-state index contributed by atoms with van der Waals surface area (Å²) in [6.45, 7) is 7.97. The van der Waals surface area contributed by atoms with Gasteiger partial charge in [-0.25, -0.2) is 0 Å². The Balaban J connectivity index is 0.00000312. The Morgan fingerprint density at radius 2 is 1.64 bits per heavy atom. The predicted molar refractivity (Wildman–Crippen MR) is 107 cm³/mol. The first-order valence-electron chi connectivity index (χ1n) is 8.52. The fraction of sp³-hybridized carbons (Fsp3) is 0.350. The number of hydrogen-bond donors (Lipinski definition) is 2. The van der Waals surface area contributed by atoms with Crippen LogP contribution in [-0.4, -0.2) is 23.9 Å². The molecule has 5 heteroatoms. The number of nitrogen functional groups attached to an aromatic ring is 1. The third-order valence-electron chi connectivity index (χ3n) is 4.13. The number of rotatable bonds is 8. The van der Waals surface area contributed by atoms with E-state index in [1.54, 1.807) is 0 Å². The molecule has 0 spiro atoms. The molecule has 0 heterocycles. The topological polar surface area (TPSA) is 58.4 Å². The smallest absolute Gasteiger partial charge is 0.224 e. The lowest BCUT2D eigenvalue weighted by molar-refractivity contribution is -0.120. The number of carbonyl (C=O) groups excluding carboxylic acids is 1. The summed E-state index contributed by atoms with van der Waals surface area (Å²) in [5.41, 5.74) is 9.76. The predicted octanol–water partition coefficient (Wildman–Crippen LogP) is 3.39. The molecule has 0 aliphatic rings. The summed E-state index contributed by atoms with van der Waals surface area (Å²) in [4.78, 5) is 14.4. The third-order valence-corrected chi connectivity index (χ3v) is 4.13. The number of nitrogens with one attached hydrogen (secondary N) is 1. The fourth-order valence-corrected chi connectivity index (χ4v) is 2.62. The molecule has 0 saturated heterocycles. The second-order valence-electron chi connectivity index (χ2n) is 5.98. The second kappa shape index (κ2) is 10.7. The molecular weight excluding hydrogens is 334 g/mol. The Bertz CT molecular complexity index is 654. The van der Waals surface area contributed by atoms with E-state index < -0.39 is 0 Å². The van der Waals surface area contributed by atoms with Crippen LogP contribution in [0.4, 0.5) is 5.69 Å². The normalized spacial score (nSPS) is 10.4. The number of hydrogen-bond acceptors (Lipinski definition) is 3. The molecule has 0 unspecified atom stereocenters. The van der Waals surface area contributed by atoms with Crippen molar-refractivity contribution in [3.8, 4) is 0 Å². The number of benzene rings is 2. The van der Waals surface area contributed by atoms with Crippen LogP contribution in [0.15, 0.2) is 48.5 Å². The van der Waals surface area contributed by atoms with E-state index in [1.807, 2.05) is 24.3 Å². The molecule has 0 radical (unpaired) electrons. The minimum atomic E-state index is 0. The van der Waals surface area contributed by atoms with Crippen LogP contribution in [0.2, 0.25) is 0 Å². The summed E-state index contributed by atoms with van der Waals surface area (Å²) in [5.74, 6) is 0.00724. The molecule has 0 aliphatic heterocycles. The van der Waals surface area contributed by atoms with Gasteiger partial charge in [0.25, 0.3) is 0 Å². The van der Waals surface area contributed by atoms with Crippen LogP contribution in [0, 0.1) is 0 Å². The van der Waals surface area contributed by atoms with Gasteiger partial charge in [0.1, 0.15) is 0 Å². The van der Waals surface area contributed by atoms with E-state index in [2.05, 4.69) is 48.3 Å². The van der Waals surface area contributed by atoms with Crippen LogP contribution in [-0.2, 0) is 24.3 Å². The lowest BCUT2D eigenvalue weighted by Gasteiger charge is -2.18. The lowest BCUT2D eigenvalue weighted by Crippen LogP contribution is -2.24. The minimum absolute atomic E-state index is 0. The lowest BCUT2D eigenvalue weighted by atomic mass is 10.1. The molecule has 0 aromatic heterocycles. The van der Waals surface area contributed by atoms with Crippen molar-refractivity contribution in [1.82, 2.24) is 10.2 Å². The van der Waals surface area contributed by atoms with Crippen molar-refractivity contribution in [1.29, 1.82) is 0 Å². The van der Waals surface area contributed by atoms with Crippen molar-refractivity contribution in [3.05, 3.63) is 65.2 Å². The zero-order valence-corrected chi connectivity index (χ0v) is 15.8. The Hall–Kier alpha value is -2.04. The number of amides is 1. The first-order chi connectivity index (χ1) is 11.6. The van der Waals surface area contributed by atoms with Gasteiger partial charge in [-0.2, -0.15) is 0 Å². The van der Waals surface area contributed by atoms with Crippen molar-refractivity contribution in [2.75, 3.05) is 18.8 Å². The monoisotopic (exact) mass is 361 g/mol. The first-order valence-corrected chi connectivity index (χ1v) is 8.52. The molecule has 0 saturated carbocycles. The highest BCUT2D eigenvalue weighted by atomic mass is 35.5. The Morgan fingerprint density at radius 3 is 2.24 bits per heavy atom. The Morgan fingerprint density at radius 1 is 1.00 bits per heavy atom. The zero-order chi connectivity index (χ0) is 17.4. The van der Waals surface area contributed by atoms with E-state index in [-0.39, 0.29) is 18.3 Å². The highest BCUT2D eigenvalue weighted by molar-refractivity contribution is 5.85. The van der Waals surface area contributed by atoms with Crippen LogP contribution in [0.5, 0.6) is 0 Å². The van der Waals surface area contributed by atoms with Crippen molar-refractivity contribution in [2.45, 2.75) is 33.4 Å². The molecule has 0 atom stereocenters. The third kappa shape index (κ3) is 7.16. The van der Waals surface area contributed by atoms with Gasteiger partial charge in [0.2, 0.25) is 5.91 Å².